The molecule has 0 aliphatic rings. The second kappa shape index (κ2) is 8.84. The molecule has 1 heterocycles. The van der Waals surface area contributed by atoms with Crippen LogP contribution < -0.4 is 10.6 Å². The van der Waals surface area contributed by atoms with Crippen molar-refractivity contribution in [3.05, 3.63) is 46.7 Å². The molecule has 0 fully saturated rings. The summed E-state index contributed by atoms with van der Waals surface area (Å²) in [5.74, 6) is -0.379. The third kappa shape index (κ3) is 5.59. The van der Waals surface area contributed by atoms with E-state index >= 15 is 0 Å². The molecule has 2 rings (SSSR count). The molecule has 0 bridgehead atoms. The molecule has 2 N–H and O–H groups in total. The quantitative estimate of drug-likeness (QED) is 0.657. The Morgan fingerprint density at radius 1 is 1.19 bits per heavy atom. The predicted octanol–water partition coefficient (Wildman–Crippen LogP) is 5.00. The Bertz CT molecular complexity index is 751. The van der Waals surface area contributed by atoms with E-state index in [9.17, 15) is 18.0 Å². The van der Waals surface area contributed by atoms with E-state index < -0.39 is 17.6 Å². The predicted molar refractivity (Wildman–Crippen MR) is 94.5 cm³/mol. The summed E-state index contributed by atoms with van der Waals surface area (Å²) >= 11 is 5.62. The SMILES string of the molecule is CCCCCNc1ncc(C(=O)Nc2ccc(Cl)cc2C(F)(F)F)cn1. The number of nitrogens with zero attached hydrogens (tertiary/aromatic N) is 2. The first-order valence-corrected chi connectivity index (χ1v) is 8.43. The van der Waals surface area contributed by atoms with Crippen molar-refractivity contribution in [3.63, 3.8) is 0 Å². The summed E-state index contributed by atoms with van der Waals surface area (Å²) in [5.41, 5.74) is -1.35. The van der Waals surface area contributed by atoms with Gasteiger partial charge in [0.05, 0.1) is 16.8 Å². The van der Waals surface area contributed by atoms with Crippen LogP contribution in [0, 0.1) is 0 Å². The molecule has 1 aromatic heterocycles. The highest BCUT2D eigenvalue weighted by Gasteiger charge is 2.34. The number of alkyl halides is 3. The van der Waals surface area contributed by atoms with Crippen LogP contribution in [0.1, 0.15) is 42.1 Å². The van der Waals surface area contributed by atoms with Gasteiger partial charge in [0.2, 0.25) is 5.95 Å². The van der Waals surface area contributed by atoms with Crippen molar-refractivity contribution in [1.82, 2.24) is 9.97 Å². The van der Waals surface area contributed by atoms with E-state index in [1.165, 1.54) is 18.5 Å². The number of anilines is 2. The van der Waals surface area contributed by atoms with Crippen molar-refractivity contribution in [1.29, 1.82) is 0 Å². The fourth-order valence-electron chi connectivity index (χ4n) is 2.17. The number of carbonyl (C=O) groups excluding carboxylic acids is 1. The lowest BCUT2D eigenvalue weighted by Crippen LogP contribution is -2.17. The van der Waals surface area contributed by atoms with Gasteiger partial charge in [-0.05, 0) is 24.6 Å². The van der Waals surface area contributed by atoms with Gasteiger partial charge in [-0.25, -0.2) is 9.97 Å². The van der Waals surface area contributed by atoms with Crippen LogP contribution in [0.4, 0.5) is 24.8 Å². The molecule has 0 aliphatic heterocycles. The molecule has 1 amide bonds. The molecule has 0 saturated carbocycles. The molecule has 26 heavy (non-hydrogen) atoms. The average Bonchev–Trinajstić information content (AvgIpc) is 2.60. The first-order chi connectivity index (χ1) is 12.3. The molecule has 5 nitrogen and oxygen atoms in total. The van der Waals surface area contributed by atoms with Crippen molar-refractivity contribution < 1.29 is 18.0 Å². The van der Waals surface area contributed by atoms with E-state index in [1.54, 1.807) is 0 Å². The van der Waals surface area contributed by atoms with Gasteiger partial charge in [0.1, 0.15) is 0 Å². The molecule has 140 valence electrons. The Morgan fingerprint density at radius 3 is 2.50 bits per heavy atom. The van der Waals surface area contributed by atoms with E-state index in [-0.39, 0.29) is 16.3 Å². The smallest absolute Gasteiger partial charge is 0.354 e. The Kier molecular flexibility index (Phi) is 6.79. The highest BCUT2D eigenvalue weighted by atomic mass is 35.5. The van der Waals surface area contributed by atoms with Crippen LogP contribution in [0.5, 0.6) is 0 Å². The maximum atomic E-state index is 13.1. The Balaban J connectivity index is 2.06. The van der Waals surface area contributed by atoms with Crippen LogP contribution in [0.3, 0.4) is 0 Å². The summed E-state index contributed by atoms with van der Waals surface area (Å²) in [6.07, 6.45) is 1.01. The molecule has 2 aromatic rings. The number of carbonyl (C=O) groups is 1. The molecular weight excluding hydrogens is 369 g/mol. The summed E-state index contributed by atoms with van der Waals surface area (Å²) in [6, 6.07) is 3.14. The lowest BCUT2D eigenvalue weighted by Gasteiger charge is -2.14. The third-order valence-electron chi connectivity index (χ3n) is 3.51. The highest BCUT2D eigenvalue weighted by Crippen LogP contribution is 2.36. The number of amides is 1. The number of aromatic nitrogens is 2. The zero-order valence-electron chi connectivity index (χ0n) is 14.0. The monoisotopic (exact) mass is 386 g/mol. The van der Waals surface area contributed by atoms with E-state index in [2.05, 4.69) is 27.5 Å². The van der Waals surface area contributed by atoms with Gasteiger partial charge in [-0.1, -0.05) is 31.4 Å². The summed E-state index contributed by atoms with van der Waals surface area (Å²) in [4.78, 5) is 20.2. The number of hydrogen-bond acceptors (Lipinski definition) is 4. The van der Waals surface area contributed by atoms with Gasteiger partial charge >= 0.3 is 6.18 Å². The largest absolute Gasteiger partial charge is 0.418 e. The van der Waals surface area contributed by atoms with Crippen LogP contribution in [0.15, 0.2) is 30.6 Å². The minimum absolute atomic E-state index is 0.0483. The van der Waals surface area contributed by atoms with Gasteiger partial charge in [-0.15, -0.1) is 0 Å². The van der Waals surface area contributed by atoms with Crippen molar-refractivity contribution >= 4 is 29.1 Å². The fraction of sp³-hybridized carbons (Fsp3) is 0.353. The van der Waals surface area contributed by atoms with Crippen molar-refractivity contribution in [3.8, 4) is 0 Å². The Hall–Kier alpha value is -2.35. The van der Waals surface area contributed by atoms with Crippen LogP contribution in [0.2, 0.25) is 5.02 Å². The Labute approximate surface area is 154 Å². The summed E-state index contributed by atoms with van der Waals surface area (Å²) in [5, 5.41) is 5.16. The molecule has 0 radical (unpaired) electrons. The minimum Gasteiger partial charge on any atom is -0.354 e. The number of unbranched alkanes of at least 4 members (excludes halogenated alkanes) is 2. The van der Waals surface area contributed by atoms with Gasteiger partial charge < -0.3 is 10.6 Å². The zero-order chi connectivity index (χ0) is 19.2. The lowest BCUT2D eigenvalue weighted by molar-refractivity contribution is -0.136. The lowest BCUT2D eigenvalue weighted by atomic mass is 10.1. The van der Waals surface area contributed by atoms with Gasteiger partial charge in [0.15, 0.2) is 0 Å². The van der Waals surface area contributed by atoms with Crippen molar-refractivity contribution in [2.24, 2.45) is 0 Å². The molecular formula is C17H18ClF3N4O. The molecule has 0 atom stereocenters. The topological polar surface area (TPSA) is 66.9 Å². The second-order valence-electron chi connectivity index (χ2n) is 5.57. The van der Waals surface area contributed by atoms with E-state index in [0.717, 1.165) is 31.4 Å². The third-order valence-corrected chi connectivity index (χ3v) is 3.75. The maximum Gasteiger partial charge on any atom is 0.418 e. The van der Waals surface area contributed by atoms with Crippen molar-refractivity contribution in [2.45, 2.75) is 32.4 Å². The van der Waals surface area contributed by atoms with E-state index in [4.69, 9.17) is 11.6 Å². The molecule has 9 heteroatoms. The number of hydrogen-bond donors (Lipinski definition) is 2. The standard InChI is InChI=1S/C17H18ClF3N4O/c1-2-3-4-7-22-16-23-9-11(10-24-16)15(26)25-14-6-5-12(18)8-13(14)17(19,20)21/h5-6,8-10H,2-4,7H2,1H3,(H,25,26)(H,22,23,24). The number of rotatable bonds is 7. The number of nitrogens with one attached hydrogen (secondary N) is 2. The van der Waals surface area contributed by atoms with Crippen LogP contribution in [0.25, 0.3) is 0 Å². The summed E-state index contributed by atoms with van der Waals surface area (Å²) < 4.78 is 39.2. The van der Waals surface area contributed by atoms with E-state index in [0.29, 0.717) is 12.5 Å². The first-order valence-electron chi connectivity index (χ1n) is 8.05. The van der Waals surface area contributed by atoms with Gasteiger partial charge in [0, 0.05) is 24.0 Å². The van der Waals surface area contributed by atoms with Gasteiger partial charge in [0.25, 0.3) is 5.91 Å². The molecule has 0 aliphatic carbocycles. The minimum atomic E-state index is -4.64. The van der Waals surface area contributed by atoms with Crippen molar-refractivity contribution in [2.75, 3.05) is 17.2 Å². The maximum absolute atomic E-state index is 13.1. The summed E-state index contributed by atoms with van der Waals surface area (Å²) in [7, 11) is 0. The molecule has 0 unspecified atom stereocenters. The molecule has 1 aromatic carbocycles. The fourth-order valence-corrected chi connectivity index (χ4v) is 2.34. The zero-order valence-corrected chi connectivity index (χ0v) is 14.8. The summed E-state index contributed by atoms with van der Waals surface area (Å²) in [6.45, 7) is 2.80. The molecule has 0 spiro atoms. The van der Waals surface area contributed by atoms with Gasteiger partial charge in [-0.3, -0.25) is 4.79 Å². The Morgan fingerprint density at radius 2 is 1.88 bits per heavy atom. The number of benzene rings is 1. The number of halogens is 4. The van der Waals surface area contributed by atoms with Crippen LogP contribution >= 0.6 is 11.6 Å². The first kappa shape index (κ1) is 20.0. The normalized spacial score (nSPS) is 11.3. The van der Waals surface area contributed by atoms with Gasteiger partial charge in [-0.2, -0.15) is 13.2 Å². The van der Waals surface area contributed by atoms with Crippen LogP contribution in [-0.4, -0.2) is 22.4 Å². The second-order valence-corrected chi connectivity index (χ2v) is 6.01. The average molecular weight is 387 g/mol. The molecule has 0 saturated heterocycles. The van der Waals surface area contributed by atoms with E-state index in [1.807, 2.05) is 0 Å². The van der Waals surface area contributed by atoms with Crippen LogP contribution in [-0.2, 0) is 6.18 Å². The highest BCUT2D eigenvalue weighted by molar-refractivity contribution is 6.30.